The number of carbonyl (C=O) groups is 2. The smallest absolute Gasteiger partial charge is 0.478 e. The number of nitrogens with two attached hydrogens (primary N) is 1. The highest BCUT2D eigenvalue weighted by atomic mass is 19.4. The van der Waals surface area contributed by atoms with Gasteiger partial charge >= 0.3 is 18.1 Å². The fourth-order valence-electron chi connectivity index (χ4n) is 1.28. The minimum Gasteiger partial charge on any atom is -0.478 e. The van der Waals surface area contributed by atoms with Crippen molar-refractivity contribution >= 4 is 11.9 Å². The molecule has 5 nitrogen and oxygen atoms in total. The molecule has 0 radical (unpaired) electrons. The van der Waals surface area contributed by atoms with Gasteiger partial charge in [-0.25, -0.2) is 9.59 Å². The summed E-state index contributed by atoms with van der Waals surface area (Å²) in [4.78, 5) is 19.1. The van der Waals surface area contributed by atoms with Crippen LogP contribution in [-0.2, 0) is 16.0 Å². The van der Waals surface area contributed by atoms with E-state index in [1.165, 1.54) is 11.6 Å². The van der Waals surface area contributed by atoms with E-state index < -0.39 is 18.1 Å². The minimum atomic E-state index is -5.08. The van der Waals surface area contributed by atoms with Crippen molar-refractivity contribution in [3.63, 3.8) is 0 Å². The number of carboxylic acid groups (broad SMARTS) is 2. The average Bonchev–Trinajstić information content (AvgIpc) is 2.43. The molecule has 0 fully saturated rings. The SMILES string of the molecule is NC(C=CC(=O)O)CCc1ccccc1.O=C(O)C(F)(F)F. The van der Waals surface area contributed by atoms with Gasteiger partial charge < -0.3 is 15.9 Å². The van der Waals surface area contributed by atoms with Crippen LogP contribution in [-0.4, -0.2) is 34.4 Å². The van der Waals surface area contributed by atoms with E-state index >= 15 is 0 Å². The lowest BCUT2D eigenvalue weighted by Crippen LogP contribution is -2.21. The van der Waals surface area contributed by atoms with Gasteiger partial charge in [-0.2, -0.15) is 13.2 Å². The van der Waals surface area contributed by atoms with E-state index in [1.54, 1.807) is 0 Å². The van der Waals surface area contributed by atoms with Gasteiger partial charge in [0, 0.05) is 12.1 Å². The number of benzene rings is 1. The number of hydrogen-bond acceptors (Lipinski definition) is 3. The molecule has 0 aliphatic carbocycles. The van der Waals surface area contributed by atoms with E-state index in [-0.39, 0.29) is 6.04 Å². The van der Waals surface area contributed by atoms with Crippen LogP contribution in [0.25, 0.3) is 0 Å². The van der Waals surface area contributed by atoms with Gasteiger partial charge in [-0.3, -0.25) is 0 Å². The Bertz CT molecular complexity index is 501. The Morgan fingerprint density at radius 2 is 1.68 bits per heavy atom. The van der Waals surface area contributed by atoms with Crippen LogP contribution >= 0.6 is 0 Å². The molecule has 1 aromatic rings. The van der Waals surface area contributed by atoms with Crippen LogP contribution in [0.5, 0.6) is 0 Å². The summed E-state index contributed by atoms with van der Waals surface area (Å²) in [5.41, 5.74) is 6.94. The van der Waals surface area contributed by atoms with Crippen molar-refractivity contribution in [1.82, 2.24) is 0 Å². The molecule has 0 spiro atoms. The molecule has 0 heterocycles. The topological polar surface area (TPSA) is 101 Å². The fraction of sp³-hybridized carbons (Fsp3) is 0.286. The van der Waals surface area contributed by atoms with Gasteiger partial charge in [0.2, 0.25) is 0 Å². The molecular formula is C14H16F3NO4. The van der Waals surface area contributed by atoms with Crippen molar-refractivity contribution in [2.75, 3.05) is 0 Å². The highest BCUT2D eigenvalue weighted by molar-refractivity contribution is 5.79. The Hall–Kier alpha value is -2.35. The summed E-state index contributed by atoms with van der Waals surface area (Å²) in [6.07, 6.45) is -0.847. The molecule has 0 saturated heterocycles. The van der Waals surface area contributed by atoms with E-state index in [2.05, 4.69) is 0 Å². The average molecular weight is 319 g/mol. The lowest BCUT2D eigenvalue weighted by atomic mass is 10.1. The highest BCUT2D eigenvalue weighted by Gasteiger charge is 2.38. The third-order valence-corrected chi connectivity index (χ3v) is 2.34. The summed E-state index contributed by atoms with van der Waals surface area (Å²) in [6, 6.07) is 9.80. The quantitative estimate of drug-likeness (QED) is 0.723. The second kappa shape index (κ2) is 9.56. The van der Waals surface area contributed by atoms with Gasteiger partial charge in [0.15, 0.2) is 0 Å². The first-order valence-corrected chi connectivity index (χ1v) is 6.13. The van der Waals surface area contributed by atoms with Gasteiger partial charge in [-0.15, -0.1) is 0 Å². The van der Waals surface area contributed by atoms with Crippen LogP contribution in [0.4, 0.5) is 13.2 Å². The summed E-state index contributed by atoms with van der Waals surface area (Å²) < 4.78 is 31.7. The van der Waals surface area contributed by atoms with Crippen molar-refractivity contribution in [3.05, 3.63) is 48.0 Å². The molecule has 122 valence electrons. The first kappa shape index (κ1) is 19.7. The molecule has 0 saturated carbocycles. The van der Waals surface area contributed by atoms with E-state index in [1.807, 2.05) is 30.3 Å². The maximum atomic E-state index is 10.6. The number of carboxylic acids is 2. The molecule has 0 amide bonds. The van der Waals surface area contributed by atoms with Gasteiger partial charge in [0.05, 0.1) is 0 Å². The second-order valence-corrected chi connectivity index (χ2v) is 4.19. The monoisotopic (exact) mass is 319 g/mol. The van der Waals surface area contributed by atoms with E-state index in [0.29, 0.717) is 0 Å². The molecule has 1 unspecified atom stereocenters. The predicted molar refractivity (Wildman–Crippen MR) is 73.2 cm³/mol. The van der Waals surface area contributed by atoms with E-state index in [9.17, 15) is 18.0 Å². The maximum Gasteiger partial charge on any atom is 0.490 e. The summed E-state index contributed by atoms with van der Waals surface area (Å²) in [5.74, 6) is -3.71. The lowest BCUT2D eigenvalue weighted by molar-refractivity contribution is -0.192. The summed E-state index contributed by atoms with van der Waals surface area (Å²) in [5, 5.41) is 15.5. The number of hydrogen-bond donors (Lipinski definition) is 3. The van der Waals surface area contributed by atoms with Crippen LogP contribution in [0.15, 0.2) is 42.5 Å². The van der Waals surface area contributed by atoms with Crippen LogP contribution in [0, 0.1) is 0 Å². The van der Waals surface area contributed by atoms with Gasteiger partial charge in [-0.05, 0) is 18.4 Å². The normalized spacial score (nSPS) is 12.4. The number of halogens is 3. The zero-order valence-corrected chi connectivity index (χ0v) is 11.5. The van der Waals surface area contributed by atoms with Crippen molar-refractivity contribution in [2.24, 2.45) is 5.73 Å². The molecule has 1 aromatic carbocycles. The number of aliphatic carboxylic acids is 2. The standard InChI is InChI=1S/C12H15NO2.C2HF3O2/c13-11(8-9-12(14)15)7-6-10-4-2-1-3-5-10;3-2(4,5)1(6)7/h1-5,8-9,11H,6-7,13H2,(H,14,15);(H,6,7). The maximum absolute atomic E-state index is 10.6. The van der Waals surface area contributed by atoms with E-state index in [4.69, 9.17) is 20.7 Å². The van der Waals surface area contributed by atoms with Crippen molar-refractivity contribution in [3.8, 4) is 0 Å². The molecule has 22 heavy (non-hydrogen) atoms. The van der Waals surface area contributed by atoms with Crippen LogP contribution < -0.4 is 5.73 Å². The molecular weight excluding hydrogens is 303 g/mol. The predicted octanol–water partition coefficient (Wildman–Crippen LogP) is 2.22. The fourth-order valence-corrected chi connectivity index (χ4v) is 1.28. The Morgan fingerprint density at radius 3 is 2.09 bits per heavy atom. The number of aryl methyl sites for hydroxylation is 1. The van der Waals surface area contributed by atoms with Gasteiger partial charge in [0.1, 0.15) is 0 Å². The molecule has 0 aliphatic rings. The molecule has 0 aromatic heterocycles. The molecule has 1 atom stereocenters. The lowest BCUT2D eigenvalue weighted by Gasteiger charge is -2.05. The Kier molecular flexibility index (Phi) is 8.54. The second-order valence-electron chi connectivity index (χ2n) is 4.19. The zero-order chi connectivity index (χ0) is 17.2. The minimum absolute atomic E-state index is 0.193. The Labute approximate surface area is 124 Å². The number of alkyl halides is 3. The summed E-state index contributed by atoms with van der Waals surface area (Å²) in [6.45, 7) is 0. The Balaban J connectivity index is 0.000000534. The molecule has 0 bridgehead atoms. The largest absolute Gasteiger partial charge is 0.490 e. The highest BCUT2D eigenvalue weighted by Crippen LogP contribution is 2.13. The van der Waals surface area contributed by atoms with Crippen LogP contribution in [0.1, 0.15) is 12.0 Å². The first-order valence-electron chi connectivity index (χ1n) is 6.13. The first-order chi connectivity index (χ1) is 10.1. The van der Waals surface area contributed by atoms with Crippen molar-refractivity contribution in [2.45, 2.75) is 25.1 Å². The zero-order valence-electron chi connectivity index (χ0n) is 11.5. The van der Waals surface area contributed by atoms with Crippen molar-refractivity contribution in [1.29, 1.82) is 0 Å². The van der Waals surface area contributed by atoms with Gasteiger partial charge in [0.25, 0.3) is 0 Å². The van der Waals surface area contributed by atoms with Crippen LogP contribution in [0.2, 0.25) is 0 Å². The third kappa shape index (κ3) is 10.4. The molecule has 4 N–H and O–H groups in total. The van der Waals surface area contributed by atoms with Crippen molar-refractivity contribution < 1.29 is 33.0 Å². The number of rotatable bonds is 5. The third-order valence-electron chi connectivity index (χ3n) is 2.34. The Morgan fingerprint density at radius 1 is 1.18 bits per heavy atom. The molecule has 0 aliphatic heterocycles. The van der Waals surface area contributed by atoms with Gasteiger partial charge in [-0.1, -0.05) is 36.4 Å². The van der Waals surface area contributed by atoms with E-state index in [0.717, 1.165) is 18.9 Å². The van der Waals surface area contributed by atoms with Crippen LogP contribution in [0.3, 0.4) is 0 Å². The molecule has 8 heteroatoms. The summed E-state index contributed by atoms with van der Waals surface area (Å²) in [7, 11) is 0. The molecule has 1 rings (SSSR count). The summed E-state index contributed by atoms with van der Waals surface area (Å²) >= 11 is 0.